The van der Waals surface area contributed by atoms with Crippen LogP contribution in [0, 0.1) is 5.92 Å². The zero-order valence-electron chi connectivity index (χ0n) is 13.2. The molecular weight excluding hydrogens is 296 g/mol. The Labute approximate surface area is 141 Å². The maximum absolute atomic E-state index is 12.2. The summed E-state index contributed by atoms with van der Waals surface area (Å²) in [6.45, 7) is 0. The van der Waals surface area contributed by atoms with Crippen LogP contribution in [0.2, 0.25) is 0 Å². The number of nitrogens with zero attached hydrogens (tertiary/aromatic N) is 1. The Morgan fingerprint density at radius 1 is 0.958 bits per heavy atom. The minimum absolute atomic E-state index is 0.000315. The average molecular weight is 314 g/mol. The normalized spacial score (nSPS) is 19.5. The first-order chi connectivity index (χ1) is 11.8. The topological polar surface area (TPSA) is 41.5 Å². The van der Waals surface area contributed by atoms with E-state index in [9.17, 15) is 4.79 Å². The van der Waals surface area contributed by atoms with E-state index in [0.717, 1.165) is 17.4 Å². The summed E-state index contributed by atoms with van der Waals surface area (Å²) in [6.07, 6.45) is 2.62. The molecule has 1 aliphatic carbocycles. The second kappa shape index (κ2) is 6.28. The van der Waals surface area contributed by atoms with E-state index in [1.54, 1.807) is 6.21 Å². The van der Waals surface area contributed by atoms with E-state index in [2.05, 4.69) is 40.9 Å². The molecule has 1 N–H and O–H groups in total. The minimum Gasteiger partial charge on any atom is -0.273 e. The molecule has 1 amide bonds. The van der Waals surface area contributed by atoms with E-state index in [1.807, 2.05) is 42.5 Å². The van der Waals surface area contributed by atoms with Gasteiger partial charge in [0.1, 0.15) is 0 Å². The van der Waals surface area contributed by atoms with Crippen LogP contribution in [0.25, 0.3) is 10.8 Å². The van der Waals surface area contributed by atoms with Gasteiger partial charge in [0, 0.05) is 11.5 Å². The van der Waals surface area contributed by atoms with Gasteiger partial charge in [-0.1, -0.05) is 72.8 Å². The number of rotatable bonds is 4. The Hall–Kier alpha value is -2.94. The van der Waals surface area contributed by atoms with Crippen molar-refractivity contribution in [3.05, 3.63) is 83.9 Å². The van der Waals surface area contributed by atoms with Crippen molar-refractivity contribution in [3.8, 4) is 0 Å². The van der Waals surface area contributed by atoms with Crippen LogP contribution >= 0.6 is 0 Å². The van der Waals surface area contributed by atoms with Crippen LogP contribution in [0.3, 0.4) is 0 Å². The highest BCUT2D eigenvalue weighted by atomic mass is 16.2. The van der Waals surface area contributed by atoms with Crippen LogP contribution in [-0.2, 0) is 4.79 Å². The van der Waals surface area contributed by atoms with Crippen molar-refractivity contribution in [3.63, 3.8) is 0 Å². The molecule has 1 aliphatic rings. The lowest BCUT2D eigenvalue weighted by atomic mass is 10.1. The van der Waals surface area contributed by atoms with Crippen molar-refractivity contribution in [2.45, 2.75) is 12.3 Å². The van der Waals surface area contributed by atoms with Gasteiger partial charge in [0.15, 0.2) is 0 Å². The maximum atomic E-state index is 12.2. The lowest BCUT2D eigenvalue weighted by molar-refractivity contribution is -0.122. The number of hydrogen-bond acceptors (Lipinski definition) is 2. The SMILES string of the molecule is O=C(N/N=C/c1cccc2ccccc12)C1CC1c1ccccc1. The summed E-state index contributed by atoms with van der Waals surface area (Å²) in [6, 6.07) is 24.4. The van der Waals surface area contributed by atoms with Crippen molar-refractivity contribution in [1.82, 2.24) is 5.43 Å². The fourth-order valence-electron chi connectivity index (χ4n) is 3.16. The summed E-state index contributed by atoms with van der Waals surface area (Å²) in [5.41, 5.74) is 4.92. The second-order valence-electron chi connectivity index (χ2n) is 6.16. The summed E-state index contributed by atoms with van der Waals surface area (Å²) in [5.74, 6) is 0.372. The number of benzene rings is 3. The predicted molar refractivity (Wildman–Crippen MR) is 97.0 cm³/mol. The summed E-state index contributed by atoms with van der Waals surface area (Å²) in [5, 5.41) is 6.45. The first-order valence-corrected chi connectivity index (χ1v) is 8.18. The number of hydrogen-bond donors (Lipinski definition) is 1. The summed E-state index contributed by atoms with van der Waals surface area (Å²) < 4.78 is 0. The Bertz CT molecular complexity index is 897. The van der Waals surface area contributed by atoms with Crippen molar-refractivity contribution < 1.29 is 4.79 Å². The van der Waals surface area contributed by atoms with Gasteiger partial charge in [-0.15, -0.1) is 0 Å². The number of amides is 1. The number of carbonyl (C=O) groups excluding carboxylic acids is 1. The van der Waals surface area contributed by atoms with Crippen molar-refractivity contribution >= 4 is 22.9 Å². The highest BCUT2D eigenvalue weighted by Gasteiger charge is 2.43. The zero-order valence-corrected chi connectivity index (χ0v) is 13.2. The molecule has 0 spiro atoms. The van der Waals surface area contributed by atoms with Crippen molar-refractivity contribution in [1.29, 1.82) is 0 Å². The largest absolute Gasteiger partial charge is 0.273 e. The van der Waals surface area contributed by atoms with Crippen LogP contribution in [-0.4, -0.2) is 12.1 Å². The number of fused-ring (bicyclic) bond motifs is 1. The van der Waals surface area contributed by atoms with Crippen molar-refractivity contribution in [2.75, 3.05) is 0 Å². The van der Waals surface area contributed by atoms with E-state index in [1.165, 1.54) is 10.9 Å². The Morgan fingerprint density at radius 2 is 1.71 bits per heavy atom. The molecule has 2 atom stereocenters. The Balaban J connectivity index is 1.42. The Morgan fingerprint density at radius 3 is 2.58 bits per heavy atom. The quantitative estimate of drug-likeness (QED) is 0.572. The molecule has 0 saturated heterocycles. The molecule has 3 aromatic carbocycles. The molecule has 0 radical (unpaired) electrons. The monoisotopic (exact) mass is 314 g/mol. The number of nitrogens with one attached hydrogen (secondary N) is 1. The molecule has 2 unspecified atom stereocenters. The van der Waals surface area contributed by atoms with E-state index >= 15 is 0 Å². The number of carbonyl (C=O) groups is 1. The molecule has 3 heteroatoms. The molecule has 118 valence electrons. The summed E-state index contributed by atoms with van der Waals surface area (Å²) >= 11 is 0. The van der Waals surface area contributed by atoms with E-state index in [-0.39, 0.29) is 11.8 Å². The first-order valence-electron chi connectivity index (χ1n) is 8.18. The molecule has 1 saturated carbocycles. The first kappa shape index (κ1) is 14.6. The van der Waals surface area contributed by atoms with Crippen LogP contribution in [0.5, 0.6) is 0 Å². The molecule has 3 nitrogen and oxygen atoms in total. The van der Waals surface area contributed by atoms with Gasteiger partial charge in [0.25, 0.3) is 0 Å². The predicted octanol–water partition coefficient (Wildman–Crippen LogP) is 4.09. The van der Waals surface area contributed by atoms with Gasteiger partial charge in [-0.05, 0) is 28.7 Å². The van der Waals surface area contributed by atoms with Crippen LogP contribution in [0.1, 0.15) is 23.5 Å². The third kappa shape index (κ3) is 2.93. The second-order valence-corrected chi connectivity index (χ2v) is 6.16. The summed E-state index contributed by atoms with van der Waals surface area (Å²) in [4.78, 5) is 12.2. The zero-order chi connectivity index (χ0) is 16.4. The molecule has 0 aromatic heterocycles. The van der Waals surface area contributed by atoms with Crippen LogP contribution < -0.4 is 5.43 Å². The van der Waals surface area contributed by atoms with Gasteiger partial charge in [-0.25, -0.2) is 5.43 Å². The van der Waals surface area contributed by atoms with E-state index in [0.29, 0.717) is 5.92 Å². The Kier molecular flexibility index (Phi) is 3.83. The molecule has 0 bridgehead atoms. The standard InChI is InChI=1S/C21H18N2O/c24-21(20-13-19(20)16-7-2-1-3-8-16)23-22-14-17-11-6-10-15-9-4-5-12-18(15)17/h1-12,14,19-20H,13H2,(H,23,24)/b22-14+. The average Bonchev–Trinajstić information content (AvgIpc) is 3.43. The van der Waals surface area contributed by atoms with Gasteiger partial charge in [-0.2, -0.15) is 5.10 Å². The van der Waals surface area contributed by atoms with Gasteiger partial charge < -0.3 is 0 Å². The number of hydrazone groups is 1. The highest BCUT2D eigenvalue weighted by Crippen LogP contribution is 2.47. The lowest BCUT2D eigenvalue weighted by Gasteiger charge is -2.02. The van der Waals surface area contributed by atoms with Gasteiger partial charge in [0.05, 0.1) is 6.21 Å². The smallest absolute Gasteiger partial charge is 0.243 e. The fraction of sp³-hybridized carbons (Fsp3) is 0.143. The fourth-order valence-corrected chi connectivity index (χ4v) is 3.16. The lowest BCUT2D eigenvalue weighted by Crippen LogP contribution is -2.20. The highest BCUT2D eigenvalue weighted by molar-refractivity contribution is 6.00. The molecule has 1 fully saturated rings. The molecule has 0 heterocycles. The van der Waals surface area contributed by atoms with Gasteiger partial charge >= 0.3 is 0 Å². The third-order valence-corrected chi connectivity index (χ3v) is 4.56. The van der Waals surface area contributed by atoms with Crippen LogP contribution in [0.4, 0.5) is 0 Å². The molecule has 0 aliphatic heterocycles. The summed E-state index contributed by atoms with van der Waals surface area (Å²) in [7, 11) is 0. The molecule has 4 rings (SSSR count). The molecule has 3 aromatic rings. The van der Waals surface area contributed by atoms with Gasteiger partial charge in [-0.3, -0.25) is 4.79 Å². The van der Waals surface area contributed by atoms with E-state index in [4.69, 9.17) is 0 Å². The van der Waals surface area contributed by atoms with E-state index < -0.39 is 0 Å². The third-order valence-electron chi connectivity index (χ3n) is 4.56. The molecular formula is C21H18N2O. The maximum Gasteiger partial charge on any atom is 0.243 e. The minimum atomic E-state index is 0.000315. The van der Waals surface area contributed by atoms with Crippen LogP contribution in [0.15, 0.2) is 77.9 Å². The van der Waals surface area contributed by atoms with Crippen molar-refractivity contribution in [2.24, 2.45) is 11.0 Å². The van der Waals surface area contributed by atoms with Gasteiger partial charge in [0.2, 0.25) is 5.91 Å². The molecule has 24 heavy (non-hydrogen) atoms.